The highest BCUT2D eigenvalue weighted by molar-refractivity contribution is 7.83. The second-order valence-corrected chi connectivity index (χ2v) is 7.54. The maximum atomic E-state index is 11.5. The lowest BCUT2D eigenvalue weighted by atomic mass is 9.98. The van der Waals surface area contributed by atoms with E-state index >= 15 is 0 Å². The fraction of sp³-hybridized carbons (Fsp3) is 0.438. The van der Waals surface area contributed by atoms with Gasteiger partial charge in [0.1, 0.15) is 35.7 Å². The molecule has 5 N–H and O–H groups in total. The lowest BCUT2D eigenvalue weighted by Crippen LogP contribution is -2.65. The molecule has 0 spiro atoms. The third kappa shape index (κ3) is 4.33. The summed E-state index contributed by atoms with van der Waals surface area (Å²) in [6.45, 7) is 1.04. The zero-order valence-corrected chi connectivity index (χ0v) is 15.4. The Morgan fingerprint density at radius 3 is 2.57 bits per heavy atom. The highest BCUT2D eigenvalue weighted by atomic mass is 32.2. The van der Waals surface area contributed by atoms with Crippen molar-refractivity contribution in [2.75, 3.05) is 6.61 Å². The van der Waals surface area contributed by atoms with Crippen LogP contribution >= 0.6 is 0 Å². The van der Waals surface area contributed by atoms with Gasteiger partial charge in [-0.3, -0.25) is 4.55 Å². The fourth-order valence-corrected chi connectivity index (χ4v) is 3.59. The first-order valence-corrected chi connectivity index (χ1v) is 9.61. The normalized spacial score (nSPS) is 28.4. The van der Waals surface area contributed by atoms with Gasteiger partial charge in [-0.15, -0.1) is 0 Å². The van der Waals surface area contributed by atoms with Gasteiger partial charge in [0.05, 0.1) is 6.61 Å². The van der Waals surface area contributed by atoms with Crippen molar-refractivity contribution in [1.82, 2.24) is 4.72 Å². The summed E-state index contributed by atoms with van der Waals surface area (Å²) in [6.07, 6.45) is -6.17. The first-order valence-electron chi connectivity index (χ1n) is 8.17. The highest BCUT2D eigenvalue weighted by Gasteiger charge is 2.47. The average molecular weight is 417 g/mol. The molecule has 0 radical (unpaired) electrons. The van der Waals surface area contributed by atoms with Crippen LogP contribution in [0.1, 0.15) is 5.56 Å². The number of nitrogens with one attached hydrogen (secondary N) is 1. The number of aliphatic hydroxyl groups is 3. The molecule has 12 heteroatoms. The Bertz CT molecular complexity index is 1020. The molecule has 11 nitrogen and oxygen atoms in total. The predicted molar refractivity (Wildman–Crippen MR) is 94.1 cm³/mol. The van der Waals surface area contributed by atoms with Gasteiger partial charge in [0, 0.05) is 17.5 Å². The average Bonchev–Trinajstić information content (AvgIpc) is 2.59. The van der Waals surface area contributed by atoms with Crippen molar-refractivity contribution in [3.05, 3.63) is 40.2 Å². The molecule has 154 valence electrons. The summed E-state index contributed by atoms with van der Waals surface area (Å²) < 4.78 is 49.1. The molecule has 0 unspecified atom stereocenters. The van der Waals surface area contributed by atoms with E-state index in [0.29, 0.717) is 10.9 Å². The van der Waals surface area contributed by atoms with Crippen LogP contribution < -0.4 is 15.1 Å². The first-order chi connectivity index (χ1) is 13.1. The summed E-state index contributed by atoms with van der Waals surface area (Å²) in [4.78, 5) is 11.5. The van der Waals surface area contributed by atoms with Gasteiger partial charge < -0.3 is 29.2 Å². The molecule has 0 saturated carbocycles. The van der Waals surface area contributed by atoms with Crippen molar-refractivity contribution < 1.29 is 42.2 Å². The van der Waals surface area contributed by atoms with Crippen LogP contribution in [0.2, 0.25) is 0 Å². The maximum absolute atomic E-state index is 11.5. The summed E-state index contributed by atoms with van der Waals surface area (Å²) in [7, 11) is -4.78. The molecule has 0 bridgehead atoms. The quantitative estimate of drug-likeness (QED) is 0.290. The summed E-state index contributed by atoms with van der Waals surface area (Å²) in [5.41, 5.74) is 0.314. The van der Waals surface area contributed by atoms with E-state index in [1.54, 1.807) is 17.7 Å². The van der Waals surface area contributed by atoms with Crippen LogP contribution in [-0.4, -0.2) is 65.5 Å². The Hall–Kier alpha value is -2.06. The lowest BCUT2D eigenvalue weighted by Gasteiger charge is -2.41. The Labute approximate surface area is 159 Å². The fourth-order valence-electron chi connectivity index (χ4n) is 2.99. The molecule has 2 heterocycles. The van der Waals surface area contributed by atoms with Gasteiger partial charge in [0.15, 0.2) is 0 Å². The molecule has 5 atom stereocenters. The minimum absolute atomic E-state index is 0.0914. The van der Waals surface area contributed by atoms with Gasteiger partial charge in [-0.1, -0.05) is 0 Å². The molecule has 3 rings (SSSR count). The molecular formula is C16H19NO10S. The second-order valence-electron chi connectivity index (χ2n) is 6.35. The number of rotatable bonds is 5. The van der Waals surface area contributed by atoms with Crippen molar-refractivity contribution >= 4 is 21.3 Å². The van der Waals surface area contributed by atoms with Crippen molar-refractivity contribution in [1.29, 1.82) is 0 Å². The largest absolute Gasteiger partial charge is 0.463 e. The van der Waals surface area contributed by atoms with E-state index in [-0.39, 0.29) is 11.3 Å². The van der Waals surface area contributed by atoms with Crippen molar-refractivity contribution in [3.63, 3.8) is 0 Å². The molecule has 1 aromatic carbocycles. The monoisotopic (exact) mass is 417 g/mol. The minimum Gasteiger partial charge on any atom is -0.463 e. The van der Waals surface area contributed by atoms with Crippen LogP contribution in [-0.2, 0) is 15.0 Å². The van der Waals surface area contributed by atoms with Crippen LogP contribution in [0.15, 0.2) is 33.5 Å². The van der Waals surface area contributed by atoms with E-state index in [4.69, 9.17) is 18.4 Å². The third-order valence-electron chi connectivity index (χ3n) is 4.34. The summed E-state index contributed by atoms with van der Waals surface area (Å²) in [5.74, 6) is 0.0914. The standard InChI is InChI=1S/C16H19NO10S/c1-7-4-12(19)26-10-5-8(2-3-9(7)10)25-16-13(17-28(22,23)24)15(21)14(20)11(6-18)27-16/h2-5,11,13-18,20-21H,6H2,1H3,(H,22,23,24)/t11-,13+,14-,15+,16-/m1/s1. The molecular weight excluding hydrogens is 398 g/mol. The van der Waals surface area contributed by atoms with Crippen LogP contribution in [0.3, 0.4) is 0 Å². The van der Waals surface area contributed by atoms with Crippen molar-refractivity contribution in [2.24, 2.45) is 0 Å². The summed E-state index contributed by atoms with van der Waals surface area (Å²) >= 11 is 0. The van der Waals surface area contributed by atoms with Gasteiger partial charge in [-0.25, -0.2) is 4.79 Å². The SMILES string of the molecule is Cc1cc(=O)oc2cc(O[C@@H]3O[C@H](CO)[C@@H](O)[C@@H](O)[C@@H]3NS(=O)(=O)O)ccc12. The smallest absolute Gasteiger partial charge is 0.336 e. The van der Waals surface area contributed by atoms with Crippen molar-refractivity contribution in [2.45, 2.75) is 37.6 Å². The molecule has 1 saturated heterocycles. The minimum atomic E-state index is -4.78. The van der Waals surface area contributed by atoms with Crippen LogP contribution in [0, 0.1) is 6.92 Å². The van der Waals surface area contributed by atoms with Crippen LogP contribution in [0.25, 0.3) is 11.0 Å². The van der Waals surface area contributed by atoms with E-state index < -0.39 is 53.2 Å². The molecule has 2 aromatic rings. The van der Waals surface area contributed by atoms with E-state index in [9.17, 15) is 28.5 Å². The number of fused-ring (bicyclic) bond motifs is 1. The zero-order chi connectivity index (χ0) is 20.6. The maximum Gasteiger partial charge on any atom is 0.336 e. The third-order valence-corrected chi connectivity index (χ3v) is 4.91. The Morgan fingerprint density at radius 2 is 1.93 bits per heavy atom. The Morgan fingerprint density at radius 1 is 1.21 bits per heavy atom. The number of hydrogen-bond donors (Lipinski definition) is 5. The molecule has 1 aromatic heterocycles. The molecule has 1 fully saturated rings. The first kappa shape index (κ1) is 20.7. The zero-order valence-electron chi connectivity index (χ0n) is 14.5. The van der Waals surface area contributed by atoms with Gasteiger partial charge in [-0.2, -0.15) is 13.1 Å². The number of benzene rings is 1. The topological polar surface area (TPSA) is 176 Å². The number of aliphatic hydroxyl groups excluding tert-OH is 3. The number of ether oxygens (including phenoxy) is 2. The summed E-state index contributed by atoms with van der Waals surface area (Å²) in [6, 6.07) is 4.19. The molecule has 28 heavy (non-hydrogen) atoms. The van der Waals surface area contributed by atoms with E-state index in [1.165, 1.54) is 18.2 Å². The Kier molecular flexibility index (Phi) is 5.72. The molecule has 0 amide bonds. The van der Waals surface area contributed by atoms with Gasteiger partial charge in [-0.05, 0) is 24.6 Å². The number of aryl methyl sites for hydroxylation is 1. The van der Waals surface area contributed by atoms with Crippen LogP contribution in [0.4, 0.5) is 0 Å². The lowest BCUT2D eigenvalue weighted by molar-refractivity contribution is -0.242. The van der Waals surface area contributed by atoms with Gasteiger partial charge in [0.2, 0.25) is 6.29 Å². The number of hydrogen-bond acceptors (Lipinski definition) is 9. The van der Waals surface area contributed by atoms with Crippen LogP contribution in [0.5, 0.6) is 5.75 Å². The van der Waals surface area contributed by atoms with E-state index in [0.717, 1.165) is 0 Å². The predicted octanol–water partition coefficient (Wildman–Crippen LogP) is -1.32. The summed E-state index contributed by atoms with van der Waals surface area (Å²) in [5, 5.41) is 30.1. The van der Waals surface area contributed by atoms with E-state index in [1.807, 2.05) is 0 Å². The molecule has 1 aliphatic heterocycles. The van der Waals surface area contributed by atoms with Gasteiger partial charge >= 0.3 is 15.9 Å². The van der Waals surface area contributed by atoms with E-state index in [2.05, 4.69) is 0 Å². The molecule has 1 aliphatic rings. The Balaban J connectivity index is 1.94. The van der Waals surface area contributed by atoms with Gasteiger partial charge in [0.25, 0.3) is 0 Å². The van der Waals surface area contributed by atoms with Crippen molar-refractivity contribution in [3.8, 4) is 5.75 Å². The highest BCUT2D eigenvalue weighted by Crippen LogP contribution is 2.27. The molecule has 0 aliphatic carbocycles. The second kappa shape index (κ2) is 7.75.